The third kappa shape index (κ3) is 4.71. The van der Waals surface area contributed by atoms with Crippen molar-refractivity contribution in [3.63, 3.8) is 0 Å². The largest absolute Gasteiger partial charge is 0.490 e. The van der Waals surface area contributed by atoms with Gasteiger partial charge in [-0.25, -0.2) is 0 Å². The van der Waals surface area contributed by atoms with Gasteiger partial charge >= 0.3 is 0 Å². The molecule has 0 fully saturated rings. The van der Waals surface area contributed by atoms with Crippen LogP contribution in [0, 0.1) is 0 Å². The summed E-state index contributed by atoms with van der Waals surface area (Å²) in [7, 11) is 0. The van der Waals surface area contributed by atoms with Crippen LogP contribution in [0.5, 0.6) is 5.75 Å². The van der Waals surface area contributed by atoms with E-state index in [0.717, 1.165) is 0 Å². The smallest absolute Gasteiger partial charge is 0.138 e. The van der Waals surface area contributed by atoms with E-state index in [2.05, 4.69) is 0 Å². The fraction of sp³-hybridized carbons (Fsp3) is 0.400. The van der Waals surface area contributed by atoms with E-state index in [4.69, 9.17) is 37.8 Å². The van der Waals surface area contributed by atoms with Crippen molar-refractivity contribution in [3.8, 4) is 5.75 Å². The van der Waals surface area contributed by atoms with Gasteiger partial charge in [0.15, 0.2) is 0 Å². The van der Waals surface area contributed by atoms with Crippen LogP contribution in [-0.2, 0) is 4.74 Å². The van der Waals surface area contributed by atoms with Crippen molar-refractivity contribution in [2.24, 2.45) is 0 Å². The number of aliphatic hydroxyl groups is 1. The molecule has 1 N–H and O–H groups in total. The number of benzene rings is 1. The normalized spacial score (nSPS) is 10.3. The van der Waals surface area contributed by atoms with Crippen LogP contribution >= 0.6 is 23.2 Å². The summed E-state index contributed by atoms with van der Waals surface area (Å²) in [5.74, 6) is 0.577. The fourth-order valence-corrected chi connectivity index (χ4v) is 1.43. The summed E-state index contributed by atoms with van der Waals surface area (Å²) < 4.78 is 10.4. The third-order valence-corrected chi connectivity index (χ3v) is 2.15. The number of ether oxygens (including phenoxy) is 2. The van der Waals surface area contributed by atoms with Crippen molar-refractivity contribution in [3.05, 3.63) is 28.2 Å². The molecule has 3 nitrogen and oxygen atoms in total. The Kier molecular flexibility index (Phi) is 5.79. The van der Waals surface area contributed by atoms with Crippen LogP contribution in [0.1, 0.15) is 0 Å². The summed E-state index contributed by atoms with van der Waals surface area (Å²) >= 11 is 11.6. The van der Waals surface area contributed by atoms with E-state index in [-0.39, 0.29) is 6.61 Å². The lowest BCUT2D eigenvalue weighted by molar-refractivity contribution is 0.0705. The van der Waals surface area contributed by atoms with Gasteiger partial charge in [-0.1, -0.05) is 23.2 Å². The second-order valence-corrected chi connectivity index (χ2v) is 3.60. The molecule has 1 aromatic carbocycles. The Morgan fingerprint density at radius 3 is 2.60 bits per heavy atom. The van der Waals surface area contributed by atoms with Crippen LogP contribution in [0.2, 0.25) is 10.0 Å². The van der Waals surface area contributed by atoms with Gasteiger partial charge in [0.1, 0.15) is 12.4 Å². The lowest BCUT2D eigenvalue weighted by Gasteiger charge is -2.08. The molecule has 0 unspecified atom stereocenters. The molecule has 1 aromatic rings. The predicted molar refractivity (Wildman–Crippen MR) is 59.9 cm³/mol. The number of halogens is 2. The van der Waals surface area contributed by atoms with Crippen LogP contribution < -0.4 is 4.74 Å². The van der Waals surface area contributed by atoms with Crippen molar-refractivity contribution in [2.45, 2.75) is 0 Å². The van der Waals surface area contributed by atoms with Gasteiger partial charge in [-0.05, 0) is 18.2 Å². The summed E-state index contributed by atoms with van der Waals surface area (Å²) in [6, 6.07) is 5.03. The molecule has 84 valence electrons. The summed E-state index contributed by atoms with van der Waals surface area (Å²) in [4.78, 5) is 0. The summed E-state index contributed by atoms with van der Waals surface area (Å²) in [6.45, 7) is 1.14. The van der Waals surface area contributed by atoms with Crippen molar-refractivity contribution in [1.29, 1.82) is 0 Å². The Balaban J connectivity index is 2.31. The minimum absolute atomic E-state index is 0.0156. The first-order valence-corrected chi connectivity index (χ1v) is 5.26. The Labute approximate surface area is 98.5 Å². The second kappa shape index (κ2) is 6.90. The Morgan fingerprint density at radius 1 is 1.13 bits per heavy atom. The number of rotatable bonds is 6. The van der Waals surface area contributed by atoms with E-state index in [1.54, 1.807) is 18.2 Å². The number of aliphatic hydroxyl groups excluding tert-OH is 1. The molecule has 0 amide bonds. The van der Waals surface area contributed by atoms with Crippen LogP contribution in [-0.4, -0.2) is 31.5 Å². The maximum Gasteiger partial charge on any atom is 0.138 e. The second-order valence-electron chi connectivity index (χ2n) is 2.76. The molecule has 0 aliphatic rings. The van der Waals surface area contributed by atoms with Gasteiger partial charge in [-0.2, -0.15) is 0 Å². The van der Waals surface area contributed by atoms with E-state index in [1.807, 2.05) is 0 Å². The summed E-state index contributed by atoms with van der Waals surface area (Å²) in [5.41, 5.74) is 0. The maximum atomic E-state index is 8.46. The van der Waals surface area contributed by atoms with Crippen molar-refractivity contribution < 1.29 is 14.6 Å². The molecule has 0 spiro atoms. The Bertz CT molecular complexity index is 305. The first-order chi connectivity index (χ1) is 7.24. The average molecular weight is 251 g/mol. The SMILES string of the molecule is OCCOCCOc1ccc(Cl)cc1Cl. The van der Waals surface area contributed by atoms with Crippen LogP contribution in [0.3, 0.4) is 0 Å². The molecular weight excluding hydrogens is 239 g/mol. The highest BCUT2D eigenvalue weighted by Crippen LogP contribution is 2.27. The fourth-order valence-electron chi connectivity index (χ4n) is 0.969. The van der Waals surface area contributed by atoms with E-state index in [0.29, 0.717) is 35.6 Å². The highest BCUT2D eigenvalue weighted by atomic mass is 35.5. The lowest BCUT2D eigenvalue weighted by Crippen LogP contribution is -2.09. The first kappa shape index (κ1) is 12.6. The van der Waals surface area contributed by atoms with Gasteiger partial charge in [-0.3, -0.25) is 0 Å². The molecule has 0 radical (unpaired) electrons. The Hall–Kier alpha value is -0.480. The molecule has 0 atom stereocenters. The zero-order valence-electron chi connectivity index (χ0n) is 8.08. The first-order valence-electron chi connectivity index (χ1n) is 4.50. The molecule has 15 heavy (non-hydrogen) atoms. The highest BCUT2D eigenvalue weighted by Gasteiger charge is 2.01. The molecule has 0 heterocycles. The maximum absolute atomic E-state index is 8.46. The summed E-state index contributed by atoms with van der Waals surface area (Å²) in [6.07, 6.45) is 0. The Morgan fingerprint density at radius 2 is 1.93 bits per heavy atom. The molecule has 1 rings (SSSR count). The molecule has 0 saturated heterocycles. The number of hydrogen-bond donors (Lipinski definition) is 1. The monoisotopic (exact) mass is 250 g/mol. The van der Waals surface area contributed by atoms with Gasteiger partial charge in [0.25, 0.3) is 0 Å². The topological polar surface area (TPSA) is 38.7 Å². The zero-order chi connectivity index (χ0) is 11.1. The van der Waals surface area contributed by atoms with Crippen molar-refractivity contribution in [1.82, 2.24) is 0 Å². The summed E-state index contributed by atoms with van der Waals surface area (Å²) in [5, 5.41) is 9.51. The van der Waals surface area contributed by atoms with E-state index < -0.39 is 0 Å². The van der Waals surface area contributed by atoms with Crippen LogP contribution in [0.15, 0.2) is 18.2 Å². The lowest BCUT2D eigenvalue weighted by atomic mass is 10.3. The molecule has 0 aliphatic carbocycles. The van der Waals surface area contributed by atoms with Gasteiger partial charge in [0.05, 0.1) is 24.8 Å². The zero-order valence-corrected chi connectivity index (χ0v) is 9.59. The highest BCUT2D eigenvalue weighted by molar-refractivity contribution is 6.35. The minimum Gasteiger partial charge on any atom is -0.490 e. The van der Waals surface area contributed by atoms with E-state index >= 15 is 0 Å². The van der Waals surface area contributed by atoms with Gasteiger partial charge in [0, 0.05) is 5.02 Å². The van der Waals surface area contributed by atoms with Crippen molar-refractivity contribution >= 4 is 23.2 Å². The molecule has 0 aromatic heterocycles. The minimum atomic E-state index is 0.0156. The average Bonchev–Trinajstić information content (AvgIpc) is 2.20. The molecule has 0 bridgehead atoms. The van der Waals surface area contributed by atoms with Crippen molar-refractivity contribution in [2.75, 3.05) is 26.4 Å². The third-order valence-electron chi connectivity index (χ3n) is 1.61. The van der Waals surface area contributed by atoms with Crippen LogP contribution in [0.25, 0.3) is 0 Å². The molecular formula is C10H12Cl2O3. The van der Waals surface area contributed by atoms with Gasteiger partial charge in [0.2, 0.25) is 0 Å². The van der Waals surface area contributed by atoms with E-state index in [1.165, 1.54) is 0 Å². The molecule has 0 saturated carbocycles. The predicted octanol–water partition coefficient (Wildman–Crippen LogP) is 2.38. The van der Waals surface area contributed by atoms with E-state index in [9.17, 15) is 0 Å². The number of hydrogen-bond acceptors (Lipinski definition) is 3. The molecule has 5 heteroatoms. The van der Waals surface area contributed by atoms with Gasteiger partial charge in [-0.15, -0.1) is 0 Å². The standard InChI is InChI=1S/C10H12Cl2O3/c11-8-1-2-10(9(12)7-8)15-6-5-14-4-3-13/h1-2,7,13H,3-6H2. The van der Waals surface area contributed by atoms with Gasteiger partial charge < -0.3 is 14.6 Å². The molecule has 0 aliphatic heterocycles. The quantitative estimate of drug-likeness (QED) is 0.789. The van der Waals surface area contributed by atoms with Crippen LogP contribution in [0.4, 0.5) is 0 Å².